The molecule has 0 radical (unpaired) electrons. The van der Waals surface area contributed by atoms with Crippen LogP contribution in [0.4, 0.5) is 0 Å². The average Bonchev–Trinajstić information content (AvgIpc) is 3.09. The first-order valence-corrected chi connectivity index (χ1v) is 7.75. The van der Waals surface area contributed by atoms with E-state index in [2.05, 4.69) is 27.3 Å². The van der Waals surface area contributed by atoms with E-state index < -0.39 is 0 Å². The van der Waals surface area contributed by atoms with Crippen LogP contribution in [0.5, 0.6) is 0 Å². The van der Waals surface area contributed by atoms with Crippen LogP contribution >= 0.6 is 0 Å². The zero-order chi connectivity index (χ0) is 16.6. The number of aromatic amines is 1. The van der Waals surface area contributed by atoms with Gasteiger partial charge in [0.15, 0.2) is 0 Å². The van der Waals surface area contributed by atoms with Crippen molar-refractivity contribution in [3.05, 3.63) is 47.0 Å². The van der Waals surface area contributed by atoms with Gasteiger partial charge < -0.3 is 10.3 Å². The summed E-state index contributed by atoms with van der Waals surface area (Å²) in [6.45, 7) is 6.07. The molecule has 0 aliphatic carbocycles. The molecule has 0 saturated heterocycles. The molecule has 1 amide bonds. The number of rotatable bonds is 4. The average molecular weight is 311 g/mol. The van der Waals surface area contributed by atoms with Crippen LogP contribution in [0, 0.1) is 13.8 Å². The SMILES string of the molecule is CCC(NC(=O)c1ccc2nc[nH]c2c1)c1c(C)nn(C)c1C. The summed E-state index contributed by atoms with van der Waals surface area (Å²) in [4.78, 5) is 19.8. The molecule has 0 spiro atoms. The number of nitrogens with one attached hydrogen (secondary N) is 2. The van der Waals surface area contributed by atoms with E-state index in [9.17, 15) is 4.79 Å². The van der Waals surface area contributed by atoms with E-state index >= 15 is 0 Å². The van der Waals surface area contributed by atoms with Gasteiger partial charge in [0.1, 0.15) is 0 Å². The molecule has 0 fully saturated rings. The zero-order valence-corrected chi connectivity index (χ0v) is 13.8. The highest BCUT2D eigenvalue weighted by Crippen LogP contribution is 2.24. The van der Waals surface area contributed by atoms with E-state index in [1.54, 1.807) is 12.4 Å². The van der Waals surface area contributed by atoms with E-state index in [1.165, 1.54) is 0 Å². The quantitative estimate of drug-likeness (QED) is 0.778. The molecule has 0 aliphatic rings. The number of fused-ring (bicyclic) bond motifs is 1. The van der Waals surface area contributed by atoms with Gasteiger partial charge in [-0.2, -0.15) is 5.10 Å². The van der Waals surface area contributed by atoms with Crippen LogP contribution in [-0.4, -0.2) is 25.7 Å². The molecule has 2 N–H and O–H groups in total. The Hall–Kier alpha value is -2.63. The first-order valence-electron chi connectivity index (χ1n) is 7.75. The Bertz CT molecular complexity index is 861. The van der Waals surface area contributed by atoms with Gasteiger partial charge in [-0.05, 0) is 38.5 Å². The summed E-state index contributed by atoms with van der Waals surface area (Å²) < 4.78 is 1.86. The van der Waals surface area contributed by atoms with Crippen molar-refractivity contribution in [2.45, 2.75) is 33.2 Å². The third-order valence-electron chi connectivity index (χ3n) is 4.31. The highest BCUT2D eigenvalue weighted by molar-refractivity contribution is 5.97. The summed E-state index contributed by atoms with van der Waals surface area (Å²) in [5.41, 5.74) is 5.48. The summed E-state index contributed by atoms with van der Waals surface area (Å²) in [7, 11) is 1.92. The fourth-order valence-electron chi connectivity index (χ4n) is 2.99. The molecule has 2 aromatic heterocycles. The minimum absolute atomic E-state index is 0.0475. The van der Waals surface area contributed by atoms with Crippen molar-refractivity contribution in [3.8, 4) is 0 Å². The molecule has 120 valence electrons. The van der Waals surface area contributed by atoms with Crippen molar-refractivity contribution < 1.29 is 4.79 Å². The first kappa shape index (κ1) is 15.3. The third kappa shape index (κ3) is 2.72. The second-order valence-corrected chi connectivity index (χ2v) is 5.78. The normalized spacial score (nSPS) is 12.5. The maximum Gasteiger partial charge on any atom is 0.251 e. The van der Waals surface area contributed by atoms with Gasteiger partial charge in [0.25, 0.3) is 5.91 Å². The molecule has 1 aromatic carbocycles. The van der Waals surface area contributed by atoms with Crippen molar-refractivity contribution in [1.29, 1.82) is 0 Å². The number of hydrogen-bond acceptors (Lipinski definition) is 3. The lowest BCUT2D eigenvalue weighted by Gasteiger charge is -2.18. The van der Waals surface area contributed by atoms with E-state index in [0.29, 0.717) is 5.56 Å². The summed E-state index contributed by atoms with van der Waals surface area (Å²) in [5, 5.41) is 7.57. The lowest BCUT2D eigenvalue weighted by Crippen LogP contribution is -2.28. The Morgan fingerprint density at radius 2 is 2.17 bits per heavy atom. The Labute approximate surface area is 134 Å². The summed E-state index contributed by atoms with van der Waals surface area (Å²) in [5.74, 6) is -0.0870. The second kappa shape index (κ2) is 5.87. The standard InChI is InChI=1S/C17H21N5O/c1-5-13(16-10(2)21-22(4)11(16)3)20-17(23)12-6-7-14-15(8-12)19-9-18-14/h6-9,13H,5H2,1-4H3,(H,18,19)(H,20,23). The van der Waals surface area contributed by atoms with Crippen molar-refractivity contribution in [2.75, 3.05) is 0 Å². The number of amides is 1. The molecule has 1 atom stereocenters. The maximum atomic E-state index is 12.6. The van der Waals surface area contributed by atoms with Gasteiger partial charge in [0.2, 0.25) is 0 Å². The van der Waals surface area contributed by atoms with Gasteiger partial charge in [-0.25, -0.2) is 4.98 Å². The molecule has 0 saturated carbocycles. The predicted octanol–water partition coefficient (Wildman–Crippen LogP) is 2.79. The van der Waals surface area contributed by atoms with Crippen LogP contribution in [0.1, 0.15) is 46.7 Å². The van der Waals surface area contributed by atoms with Gasteiger partial charge in [-0.1, -0.05) is 6.92 Å². The van der Waals surface area contributed by atoms with Crippen LogP contribution in [0.25, 0.3) is 11.0 Å². The smallest absolute Gasteiger partial charge is 0.251 e. The number of aryl methyl sites for hydroxylation is 2. The molecule has 0 bridgehead atoms. The highest BCUT2D eigenvalue weighted by atomic mass is 16.1. The highest BCUT2D eigenvalue weighted by Gasteiger charge is 2.21. The molecule has 23 heavy (non-hydrogen) atoms. The van der Waals surface area contributed by atoms with Gasteiger partial charge in [-0.15, -0.1) is 0 Å². The summed E-state index contributed by atoms with van der Waals surface area (Å²) in [6.07, 6.45) is 2.44. The molecule has 0 aliphatic heterocycles. The van der Waals surface area contributed by atoms with Crippen molar-refractivity contribution >= 4 is 16.9 Å². The van der Waals surface area contributed by atoms with E-state index in [1.807, 2.05) is 37.7 Å². The van der Waals surface area contributed by atoms with Gasteiger partial charge >= 0.3 is 0 Å². The van der Waals surface area contributed by atoms with Crippen molar-refractivity contribution in [3.63, 3.8) is 0 Å². The number of carbonyl (C=O) groups is 1. The number of aromatic nitrogens is 4. The molecule has 3 aromatic rings. The fourth-order valence-corrected chi connectivity index (χ4v) is 2.99. The van der Waals surface area contributed by atoms with Gasteiger partial charge in [0, 0.05) is 23.9 Å². The Morgan fingerprint density at radius 1 is 1.39 bits per heavy atom. The Morgan fingerprint density at radius 3 is 2.83 bits per heavy atom. The van der Waals surface area contributed by atoms with Crippen LogP contribution in [0.2, 0.25) is 0 Å². The summed E-state index contributed by atoms with van der Waals surface area (Å²) >= 11 is 0. The Balaban J connectivity index is 1.87. The number of nitrogens with zero attached hydrogens (tertiary/aromatic N) is 3. The van der Waals surface area contributed by atoms with Crippen LogP contribution in [0.15, 0.2) is 24.5 Å². The number of hydrogen-bond donors (Lipinski definition) is 2. The number of H-pyrrole nitrogens is 1. The predicted molar refractivity (Wildman–Crippen MR) is 89.3 cm³/mol. The van der Waals surface area contributed by atoms with Crippen LogP contribution < -0.4 is 5.32 Å². The van der Waals surface area contributed by atoms with Crippen molar-refractivity contribution in [1.82, 2.24) is 25.1 Å². The lowest BCUT2D eigenvalue weighted by molar-refractivity contribution is 0.0935. The largest absolute Gasteiger partial charge is 0.345 e. The minimum Gasteiger partial charge on any atom is -0.345 e. The van der Waals surface area contributed by atoms with Crippen LogP contribution in [-0.2, 0) is 7.05 Å². The number of carbonyl (C=O) groups excluding carboxylic acids is 1. The van der Waals surface area contributed by atoms with E-state index in [-0.39, 0.29) is 11.9 Å². The second-order valence-electron chi connectivity index (χ2n) is 5.78. The minimum atomic E-state index is -0.0870. The lowest BCUT2D eigenvalue weighted by atomic mass is 10.0. The molecule has 1 unspecified atom stereocenters. The Kier molecular flexibility index (Phi) is 3.90. The van der Waals surface area contributed by atoms with Gasteiger partial charge in [0.05, 0.1) is 29.1 Å². The molecular weight excluding hydrogens is 290 g/mol. The molecule has 2 heterocycles. The topological polar surface area (TPSA) is 75.6 Å². The monoisotopic (exact) mass is 311 g/mol. The van der Waals surface area contributed by atoms with Crippen molar-refractivity contribution in [2.24, 2.45) is 7.05 Å². The molecular formula is C17H21N5O. The fraction of sp³-hybridized carbons (Fsp3) is 0.353. The molecule has 3 rings (SSSR count). The van der Waals surface area contributed by atoms with E-state index in [0.717, 1.165) is 34.4 Å². The number of imidazole rings is 1. The van der Waals surface area contributed by atoms with Gasteiger partial charge in [-0.3, -0.25) is 9.48 Å². The molecule has 6 nitrogen and oxygen atoms in total. The number of benzene rings is 1. The zero-order valence-electron chi connectivity index (χ0n) is 13.8. The maximum absolute atomic E-state index is 12.6. The molecule has 6 heteroatoms. The van der Waals surface area contributed by atoms with E-state index in [4.69, 9.17) is 0 Å². The van der Waals surface area contributed by atoms with Crippen LogP contribution in [0.3, 0.4) is 0 Å². The third-order valence-corrected chi connectivity index (χ3v) is 4.31. The summed E-state index contributed by atoms with van der Waals surface area (Å²) in [6, 6.07) is 5.43. The first-order chi connectivity index (χ1) is 11.0.